The van der Waals surface area contributed by atoms with Crippen LogP contribution in [0.5, 0.6) is 0 Å². The fourth-order valence-electron chi connectivity index (χ4n) is 3.42. The average molecular weight is 273 g/mol. The quantitative estimate of drug-likeness (QED) is 0.884. The van der Waals surface area contributed by atoms with E-state index in [0.717, 1.165) is 37.7 Å². The second kappa shape index (κ2) is 4.93. The molecule has 4 nitrogen and oxygen atoms in total. The highest BCUT2D eigenvalue weighted by molar-refractivity contribution is 5.86. The molecule has 4 heteroatoms. The number of carbonyl (C=O) groups excluding carboxylic acids is 1. The Kier molecular flexibility index (Phi) is 3.24. The van der Waals surface area contributed by atoms with Crippen LogP contribution in [-0.2, 0) is 16.0 Å². The summed E-state index contributed by atoms with van der Waals surface area (Å²) >= 11 is 0. The summed E-state index contributed by atoms with van der Waals surface area (Å²) in [5.74, 6) is -0.954. The lowest BCUT2D eigenvalue weighted by molar-refractivity contribution is -0.140. The molecular formula is C16H19NO3. The molecule has 1 saturated carbocycles. The van der Waals surface area contributed by atoms with Crippen LogP contribution in [0.25, 0.3) is 0 Å². The second-order valence-corrected chi connectivity index (χ2v) is 5.98. The number of benzene rings is 1. The van der Waals surface area contributed by atoms with Gasteiger partial charge in [0.2, 0.25) is 5.91 Å². The normalized spacial score (nSPS) is 22.7. The van der Waals surface area contributed by atoms with E-state index < -0.39 is 11.5 Å². The van der Waals surface area contributed by atoms with Crippen LogP contribution in [0.3, 0.4) is 0 Å². The fourth-order valence-corrected chi connectivity index (χ4v) is 3.42. The molecule has 2 aliphatic carbocycles. The van der Waals surface area contributed by atoms with E-state index in [2.05, 4.69) is 11.4 Å². The maximum absolute atomic E-state index is 12.5. The lowest BCUT2D eigenvalue weighted by Crippen LogP contribution is -2.55. The van der Waals surface area contributed by atoms with Crippen LogP contribution >= 0.6 is 0 Å². The van der Waals surface area contributed by atoms with Gasteiger partial charge in [0, 0.05) is 0 Å². The third kappa shape index (κ3) is 2.30. The summed E-state index contributed by atoms with van der Waals surface area (Å²) in [7, 11) is 0. The van der Waals surface area contributed by atoms with Gasteiger partial charge in [-0.1, -0.05) is 24.3 Å². The van der Waals surface area contributed by atoms with Gasteiger partial charge in [-0.3, -0.25) is 9.59 Å². The van der Waals surface area contributed by atoms with Gasteiger partial charge >= 0.3 is 5.97 Å². The van der Waals surface area contributed by atoms with Crippen molar-refractivity contribution in [1.82, 2.24) is 5.32 Å². The third-order valence-electron chi connectivity index (χ3n) is 4.64. The van der Waals surface area contributed by atoms with E-state index in [-0.39, 0.29) is 18.2 Å². The van der Waals surface area contributed by atoms with E-state index in [4.69, 9.17) is 5.11 Å². The van der Waals surface area contributed by atoms with Crippen molar-refractivity contribution in [2.45, 2.75) is 50.0 Å². The molecule has 0 saturated heterocycles. The molecule has 1 aromatic carbocycles. The van der Waals surface area contributed by atoms with E-state index in [0.29, 0.717) is 0 Å². The second-order valence-electron chi connectivity index (χ2n) is 5.98. The number of fused-ring (bicyclic) bond motifs is 1. The van der Waals surface area contributed by atoms with Crippen LogP contribution in [0.2, 0.25) is 0 Å². The fraction of sp³-hybridized carbons (Fsp3) is 0.500. The number of nitrogens with one attached hydrogen (secondary N) is 1. The summed E-state index contributed by atoms with van der Waals surface area (Å²) in [4.78, 5) is 23.5. The Morgan fingerprint density at radius 2 is 2.05 bits per heavy atom. The molecule has 3 rings (SSSR count). The minimum absolute atomic E-state index is 0.00380. The van der Waals surface area contributed by atoms with Crippen molar-refractivity contribution in [3.8, 4) is 0 Å². The number of aliphatic carboxylic acids is 1. The molecule has 2 N–H and O–H groups in total. The minimum atomic E-state index is -0.836. The number of hydrogen-bond acceptors (Lipinski definition) is 2. The highest BCUT2D eigenvalue weighted by Gasteiger charge is 2.42. The Morgan fingerprint density at radius 3 is 2.70 bits per heavy atom. The Labute approximate surface area is 118 Å². The number of hydrogen-bond donors (Lipinski definition) is 2. The number of carboxylic acids is 1. The molecule has 1 atom stereocenters. The van der Waals surface area contributed by atoms with Crippen molar-refractivity contribution in [3.63, 3.8) is 0 Å². The zero-order valence-electron chi connectivity index (χ0n) is 11.4. The van der Waals surface area contributed by atoms with Gasteiger partial charge in [-0.25, -0.2) is 0 Å². The monoisotopic (exact) mass is 273 g/mol. The Hall–Kier alpha value is -1.84. The maximum atomic E-state index is 12.5. The maximum Gasteiger partial charge on any atom is 0.305 e. The molecule has 1 aromatic rings. The van der Waals surface area contributed by atoms with Crippen LogP contribution in [0.15, 0.2) is 24.3 Å². The van der Waals surface area contributed by atoms with Crippen LogP contribution in [0, 0.1) is 0 Å². The zero-order chi connectivity index (χ0) is 14.2. The lowest BCUT2D eigenvalue weighted by atomic mass is 9.74. The first-order valence-electron chi connectivity index (χ1n) is 7.21. The predicted molar refractivity (Wildman–Crippen MR) is 74.5 cm³/mol. The van der Waals surface area contributed by atoms with Gasteiger partial charge < -0.3 is 10.4 Å². The molecule has 0 heterocycles. The lowest BCUT2D eigenvalue weighted by Gasteiger charge is -2.42. The molecule has 20 heavy (non-hydrogen) atoms. The van der Waals surface area contributed by atoms with Gasteiger partial charge in [0.25, 0.3) is 0 Å². The molecular weight excluding hydrogens is 254 g/mol. The highest BCUT2D eigenvalue weighted by Crippen LogP contribution is 2.38. The first-order chi connectivity index (χ1) is 9.60. The van der Waals surface area contributed by atoms with Crippen molar-refractivity contribution < 1.29 is 14.7 Å². The summed E-state index contributed by atoms with van der Waals surface area (Å²) in [6.45, 7) is 0. The first kappa shape index (κ1) is 13.2. The molecule has 0 bridgehead atoms. The number of rotatable bonds is 4. The molecule has 0 radical (unpaired) electrons. The van der Waals surface area contributed by atoms with Crippen molar-refractivity contribution in [1.29, 1.82) is 0 Å². The smallest absolute Gasteiger partial charge is 0.305 e. The van der Waals surface area contributed by atoms with Crippen LogP contribution < -0.4 is 5.32 Å². The number of carboxylic acid groups (broad SMARTS) is 1. The standard InChI is InChI=1S/C16H19NO3/c18-14(19)10-16(8-3-9-16)17-15(20)13-7-6-11-4-1-2-5-12(11)13/h1-2,4-5,13H,3,6-10H2,(H,17,20)(H,18,19). The highest BCUT2D eigenvalue weighted by atomic mass is 16.4. The average Bonchev–Trinajstić information content (AvgIpc) is 2.79. The molecule has 0 aromatic heterocycles. The van der Waals surface area contributed by atoms with Crippen molar-refractivity contribution in [2.75, 3.05) is 0 Å². The van der Waals surface area contributed by atoms with Gasteiger partial charge in [-0.05, 0) is 43.2 Å². The molecule has 1 fully saturated rings. The van der Waals surface area contributed by atoms with Gasteiger partial charge in [0.1, 0.15) is 0 Å². The summed E-state index contributed by atoms with van der Waals surface area (Å²) in [6, 6.07) is 8.04. The van der Waals surface area contributed by atoms with Crippen molar-refractivity contribution in [2.24, 2.45) is 0 Å². The van der Waals surface area contributed by atoms with Gasteiger partial charge in [0.05, 0.1) is 17.9 Å². The van der Waals surface area contributed by atoms with Gasteiger partial charge in [-0.15, -0.1) is 0 Å². The Balaban J connectivity index is 1.73. The zero-order valence-corrected chi connectivity index (χ0v) is 11.4. The van der Waals surface area contributed by atoms with E-state index in [1.807, 2.05) is 18.2 Å². The van der Waals surface area contributed by atoms with E-state index in [9.17, 15) is 9.59 Å². The summed E-state index contributed by atoms with van der Waals surface area (Å²) in [5, 5.41) is 12.0. The molecule has 0 aliphatic heterocycles. The number of carbonyl (C=O) groups is 2. The molecule has 0 spiro atoms. The van der Waals surface area contributed by atoms with E-state index >= 15 is 0 Å². The molecule has 106 valence electrons. The summed E-state index contributed by atoms with van der Waals surface area (Å²) in [5.41, 5.74) is 1.85. The topological polar surface area (TPSA) is 66.4 Å². The molecule has 1 amide bonds. The molecule has 1 unspecified atom stereocenters. The summed E-state index contributed by atoms with van der Waals surface area (Å²) in [6.07, 6.45) is 4.34. The third-order valence-corrected chi connectivity index (χ3v) is 4.64. The number of amides is 1. The summed E-state index contributed by atoms with van der Waals surface area (Å²) < 4.78 is 0. The minimum Gasteiger partial charge on any atom is -0.481 e. The van der Waals surface area contributed by atoms with Crippen LogP contribution in [-0.4, -0.2) is 22.5 Å². The van der Waals surface area contributed by atoms with E-state index in [1.54, 1.807) is 0 Å². The molecule has 2 aliphatic rings. The Bertz CT molecular complexity index is 548. The van der Waals surface area contributed by atoms with Crippen LogP contribution in [0.1, 0.15) is 49.1 Å². The predicted octanol–water partition coefficient (Wildman–Crippen LogP) is 2.23. The first-order valence-corrected chi connectivity index (χ1v) is 7.21. The van der Waals surface area contributed by atoms with E-state index in [1.165, 1.54) is 5.56 Å². The Morgan fingerprint density at radius 1 is 1.30 bits per heavy atom. The van der Waals surface area contributed by atoms with Crippen molar-refractivity contribution in [3.05, 3.63) is 35.4 Å². The largest absolute Gasteiger partial charge is 0.481 e. The van der Waals surface area contributed by atoms with Gasteiger partial charge in [-0.2, -0.15) is 0 Å². The SMILES string of the molecule is O=C(O)CC1(NC(=O)C2CCc3ccccc32)CCC1. The van der Waals surface area contributed by atoms with Crippen molar-refractivity contribution >= 4 is 11.9 Å². The van der Waals surface area contributed by atoms with Gasteiger partial charge in [0.15, 0.2) is 0 Å². The number of aryl methyl sites for hydroxylation is 1. The van der Waals surface area contributed by atoms with Crippen LogP contribution in [0.4, 0.5) is 0 Å².